The van der Waals surface area contributed by atoms with E-state index in [4.69, 9.17) is 94.3 Å². The number of aryl methyl sites for hydroxylation is 2. The molecule has 4 fully saturated rings. The zero-order valence-electron chi connectivity index (χ0n) is 69.5. The number of aromatic amines is 4. The van der Waals surface area contributed by atoms with Gasteiger partial charge in [0.15, 0.2) is 0 Å². The molecule has 8 aromatic carbocycles. The third-order valence-electron chi connectivity index (χ3n) is 26.5. The lowest BCUT2D eigenvalue weighted by molar-refractivity contribution is -0.117. The summed E-state index contributed by atoms with van der Waals surface area (Å²) >= 11 is 24.6. The van der Waals surface area contributed by atoms with Gasteiger partial charge in [0.2, 0.25) is 23.6 Å². The Kier molecular flexibility index (Phi) is 18.5. The molecule has 28 rings (SSSR count). The van der Waals surface area contributed by atoms with Crippen LogP contribution < -0.4 is 59.2 Å². The van der Waals surface area contributed by atoms with Gasteiger partial charge in [-0.1, -0.05) is 46.4 Å². The van der Waals surface area contributed by atoms with Crippen LogP contribution in [-0.4, -0.2) is 108 Å². The molecule has 12 atom stereocenters. The average molecular weight is 1840 g/mol. The fourth-order valence-corrected chi connectivity index (χ4v) is 20.5. The first kappa shape index (κ1) is 79.7. The number of anilines is 4. The Labute approximate surface area is 766 Å². The number of fused-ring (bicyclic) bond motifs is 20. The molecule has 8 N–H and O–H groups in total. The molecule has 16 heterocycles. The maximum atomic E-state index is 13.9. The molecule has 4 amide bonds. The lowest BCUT2D eigenvalue weighted by atomic mass is 10.1. The summed E-state index contributed by atoms with van der Waals surface area (Å²) < 4.78 is 77.4. The summed E-state index contributed by atoms with van der Waals surface area (Å²) in [6.07, 6.45) is 10.8. The first-order valence-electron chi connectivity index (χ1n) is 43.3. The number of imidazole rings is 4. The van der Waals surface area contributed by atoms with Crippen LogP contribution in [0.5, 0.6) is 69.0 Å². The molecule has 0 saturated heterocycles. The summed E-state index contributed by atoms with van der Waals surface area (Å²) in [5.41, 5.74) is 15.4. The quantitative estimate of drug-likeness (QED) is 0.0563. The van der Waals surface area contributed by atoms with E-state index in [0.717, 1.165) is 135 Å². The lowest BCUT2D eigenvalue weighted by Gasteiger charge is -2.19. The predicted molar refractivity (Wildman–Crippen MR) is 484 cm³/mol. The smallest absolute Gasteiger partial charge is 0.225 e. The summed E-state index contributed by atoms with van der Waals surface area (Å²) in [5.74, 6) is 15.4. The normalized spacial score (nSPS) is 22.2. The van der Waals surface area contributed by atoms with E-state index in [-0.39, 0.29) is 107 Å². The van der Waals surface area contributed by atoms with Gasteiger partial charge in [-0.3, -0.25) is 19.2 Å². The van der Waals surface area contributed by atoms with Crippen molar-refractivity contribution >= 4 is 137 Å². The van der Waals surface area contributed by atoms with E-state index in [0.29, 0.717) is 151 Å². The molecule has 4 saturated carbocycles. The molecule has 16 aromatic rings. The number of nitrogens with one attached hydrogen (secondary N) is 8. The van der Waals surface area contributed by atoms with E-state index in [1.54, 1.807) is 75.0 Å². The van der Waals surface area contributed by atoms with Gasteiger partial charge in [0.25, 0.3) is 0 Å². The standard InChI is InChI=1S/2C25H19FN4O3.2C24H16Cl2N4O3/c2*1-11-8-16-17(10-15(11)26)29-25(28-16)22-21-14-9-12(2-4-18(14)33-23(21)22)32-19-6-7-27-24-13(19)3-5-20(31)30-24;2*25-13-8-15-16(9-14(13)26)29-24(28-15)21-20-12-7-10(1-3-17(12)33-22(20)21)32-18-5-6-27-23-11(18)2-4-19(31)30-23/h2*2,4,6-10,21-23H,3,5H2,1H3,(H,28,29)(H,27,30,31);2*1,3,5-9,20-22H,2,4H2,(H,28,29)(H,27,30,31)/t2*21-,22-,23-;2*20-,21-,22-/m1010/s1. The second kappa shape index (κ2) is 30.6. The van der Waals surface area contributed by atoms with Gasteiger partial charge in [0.1, 0.15) is 152 Å². The number of carbonyl (C=O) groups excluding carboxylic acids is 4. The molecule has 12 aliphatic rings. The zero-order chi connectivity index (χ0) is 89.1. The monoisotopic (exact) mass is 1840 g/mol. The maximum Gasteiger partial charge on any atom is 0.225 e. The van der Waals surface area contributed by atoms with Crippen LogP contribution in [0.4, 0.5) is 32.1 Å². The molecule has 8 aliphatic heterocycles. The minimum absolute atomic E-state index is 0.0191. The number of hydrogen-bond donors (Lipinski definition) is 8. The highest BCUT2D eigenvalue weighted by Crippen LogP contribution is 2.67. The van der Waals surface area contributed by atoms with Gasteiger partial charge in [0.05, 0.1) is 87.9 Å². The number of H-pyrrole nitrogens is 4. The van der Waals surface area contributed by atoms with Gasteiger partial charge >= 0.3 is 0 Å². The van der Waals surface area contributed by atoms with Crippen molar-refractivity contribution in [1.82, 2.24) is 59.8 Å². The van der Waals surface area contributed by atoms with E-state index in [1.807, 2.05) is 97.1 Å². The molecule has 34 heteroatoms. The van der Waals surface area contributed by atoms with E-state index < -0.39 is 0 Å². The molecule has 8 aromatic heterocycles. The van der Waals surface area contributed by atoms with Gasteiger partial charge in [-0.2, -0.15) is 0 Å². The van der Waals surface area contributed by atoms with Crippen LogP contribution in [0.3, 0.4) is 0 Å². The van der Waals surface area contributed by atoms with Crippen molar-refractivity contribution in [2.75, 3.05) is 21.3 Å². The van der Waals surface area contributed by atoms with Gasteiger partial charge in [-0.15, -0.1) is 0 Å². The van der Waals surface area contributed by atoms with E-state index in [9.17, 15) is 28.0 Å². The van der Waals surface area contributed by atoms with Crippen LogP contribution in [0, 0.1) is 25.5 Å². The highest BCUT2D eigenvalue weighted by molar-refractivity contribution is 6.43. The number of nitrogens with zero attached hydrogens (tertiary/aromatic N) is 8. The molecule has 4 aliphatic carbocycles. The molecule has 656 valence electrons. The number of hydrogen-bond acceptors (Lipinski definition) is 20. The molecule has 0 radical (unpaired) electrons. The second-order valence-electron chi connectivity index (χ2n) is 34.8. The molecular weight excluding hydrogens is 1770 g/mol. The Morgan fingerprint density at radius 3 is 0.833 bits per heavy atom. The number of halogens is 6. The first-order valence-corrected chi connectivity index (χ1v) is 44.8. The van der Waals surface area contributed by atoms with Crippen molar-refractivity contribution in [3.8, 4) is 69.0 Å². The van der Waals surface area contributed by atoms with Gasteiger partial charge in [-0.05, 0) is 184 Å². The lowest BCUT2D eigenvalue weighted by Crippen LogP contribution is -2.20. The van der Waals surface area contributed by atoms with Crippen molar-refractivity contribution in [1.29, 1.82) is 0 Å². The summed E-state index contributed by atoms with van der Waals surface area (Å²) in [5, 5.41) is 13.2. The van der Waals surface area contributed by atoms with E-state index in [1.165, 1.54) is 12.1 Å². The number of ether oxygens (including phenoxy) is 8. The second-order valence-corrected chi connectivity index (χ2v) is 36.4. The zero-order valence-corrected chi connectivity index (χ0v) is 72.5. The number of benzene rings is 8. The fraction of sp³-hybridized carbons (Fsp3) is 0.224. The van der Waals surface area contributed by atoms with Crippen molar-refractivity contribution < 1.29 is 65.9 Å². The van der Waals surface area contributed by atoms with Gasteiger partial charge in [0, 0.05) is 131 Å². The molecule has 132 heavy (non-hydrogen) atoms. The number of aromatic nitrogens is 12. The highest BCUT2D eigenvalue weighted by Gasteiger charge is 2.64. The average Bonchev–Trinajstić information content (AvgIpc) is 1.55. The Balaban J connectivity index is 0.0000000945. The molecule has 0 spiro atoms. The summed E-state index contributed by atoms with van der Waals surface area (Å²) in [7, 11) is 0. The molecule has 28 nitrogen and oxygen atoms in total. The van der Waals surface area contributed by atoms with Crippen LogP contribution >= 0.6 is 46.4 Å². The fourth-order valence-electron chi connectivity index (χ4n) is 19.8. The Bertz CT molecular complexity index is 6670. The number of carbonyl (C=O) groups is 4. The maximum absolute atomic E-state index is 13.9. The Morgan fingerprint density at radius 1 is 0.311 bits per heavy atom. The minimum atomic E-state index is -0.252. The van der Waals surface area contributed by atoms with Gasteiger partial charge < -0.3 is 79.1 Å². The van der Waals surface area contributed by atoms with Crippen LogP contribution in [0.25, 0.3) is 44.1 Å². The summed E-state index contributed by atoms with van der Waals surface area (Å²) in [6.45, 7) is 3.49. The highest BCUT2D eigenvalue weighted by atomic mass is 35.5. The van der Waals surface area contributed by atoms with Crippen LogP contribution in [-0.2, 0) is 44.9 Å². The van der Waals surface area contributed by atoms with Crippen LogP contribution in [0.2, 0.25) is 20.1 Å². The van der Waals surface area contributed by atoms with Crippen molar-refractivity contribution in [2.45, 2.75) is 137 Å². The predicted octanol–water partition coefficient (Wildman–Crippen LogP) is 20.6. The van der Waals surface area contributed by atoms with E-state index in [2.05, 4.69) is 71.1 Å². The Morgan fingerprint density at radius 2 is 0.561 bits per heavy atom. The summed E-state index contributed by atoms with van der Waals surface area (Å²) in [6, 6.07) is 44.4. The van der Waals surface area contributed by atoms with Gasteiger partial charge in [-0.25, -0.2) is 48.7 Å². The molecule has 0 bridgehead atoms. The number of rotatable bonds is 12. The molecule has 0 unspecified atom stereocenters. The van der Waals surface area contributed by atoms with Crippen LogP contribution in [0.15, 0.2) is 170 Å². The molecular formula is C98H70Cl4F2N16O12. The topological polar surface area (TPSA) is 357 Å². The third-order valence-corrected chi connectivity index (χ3v) is 28.0. The number of pyridine rings is 4. The van der Waals surface area contributed by atoms with Crippen molar-refractivity contribution in [3.63, 3.8) is 0 Å². The SMILES string of the molecule is Cc1cc2[nH]c([C@@H]3[C@H]4Oc5ccc(Oc6ccnc7c6CCC(=O)N7)cc5[C@H]43)nc2cc1F.Cc1cc2[nH]c([C@H]3[C@@H]4Oc5ccc(Oc6ccnc7c6CCC(=O)N7)cc5[C@@H]43)nc2cc1F.O=C1CCc2c(Oc3ccc4c(c3)[C@@H]3[C@H](O4)[C@H]3c3nc4cc(Cl)c(Cl)cc4[nH]3)ccnc2N1.O=C1CCc2c(Oc3ccc4c(c3)[C@H]3[C@@H](O4)[C@@H]3c3nc4cc(Cl)c(Cl)cc4[nH]3)ccnc2N1. The number of amides is 4. The van der Waals surface area contributed by atoms with Crippen LogP contribution in [0.1, 0.15) is 152 Å². The first-order chi connectivity index (χ1) is 64.2. The third kappa shape index (κ3) is 14.0. The van der Waals surface area contributed by atoms with Crippen molar-refractivity contribution in [3.05, 3.63) is 281 Å². The van der Waals surface area contributed by atoms with Crippen molar-refractivity contribution in [2.24, 2.45) is 0 Å². The largest absolute Gasteiger partial charge is 0.489 e. The Hall–Kier alpha value is -14.5. The summed E-state index contributed by atoms with van der Waals surface area (Å²) in [4.78, 5) is 95.9. The minimum Gasteiger partial charge on any atom is -0.489 e. The van der Waals surface area contributed by atoms with E-state index >= 15 is 0 Å².